The number of allylic oxidation sites excluding steroid dienone is 3. The lowest BCUT2D eigenvalue weighted by molar-refractivity contribution is -0.164. The second kappa shape index (κ2) is 4.80. The van der Waals surface area contributed by atoms with E-state index in [1.807, 2.05) is 0 Å². The largest absolute Gasteiger partial charge is 0.347 e. The molecule has 0 aromatic carbocycles. The number of ketones is 1. The third kappa shape index (κ3) is 1.93. The number of ether oxygens (including phenoxy) is 2. The zero-order chi connectivity index (χ0) is 15.7. The number of hydrogen-bond acceptors (Lipinski definition) is 3. The highest BCUT2D eigenvalue weighted by atomic mass is 16.7. The fraction of sp³-hybridized carbons (Fsp3) is 0.750. The Morgan fingerprint density at radius 3 is 2.78 bits per heavy atom. The lowest BCUT2D eigenvalue weighted by atomic mass is 9.58. The molecule has 1 spiro atoms. The normalized spacial score (nSPS) is 41.6. The maximum absolute atomic E-state index is 12.4. The maximum atomic E-state index is 12.4. The number of hydrogen-bond donors (Lipinski definition) is 0. The highest BCUT2D eigenvalue weighted by Gasteiger charge is 2.53. The van der Waals surface area contributed by atoms with Crippen LogP contribution in [0.2, 0.25) is 0 Å². The van der Waals surface area contributed by atoms with Gasteiger partial charge in [-0.15, -0.1) is 0 Å². The minimum atomic E-state index is -0.307. The molecule has 1 saturated heterocycles. The molecule has 0 radical (unpaired) electrons. The fourth-order valence-corrected chi connectivity index (χ4v) is 6.08. The Hall–Kier alpha value is -0.930. The van der Waals surface area contributed by atoms with Crippen LogP contribution in [0.25, 0.3) is 0 Å². The van der Waals surface area contributed by atoms with Crippen LogP contribution in [0.3, 0.4) is 0 Å². The Labute approximate surface area is 138 Å². The van der Waals surface area contributed by atoms with Crippen LogP contribution in [0.1, 0.15) is 58.3 Å². The maximum Gasteiger partial charge on any atom is 0.172 e. The number of rotatable bonds is 0. The summed E-state index contributed by atoms with van der Waals surface area (Å²) in [7, 11) is 0. The van der Waals surface area contributed by atoms with Crippen LogP contribution in [-0.2, 0) is 14.3 Å². The van der Waals surface area contributed by atoms with Crippen LogP contribution >= 0.6 is 0 Å². The van der Waals surface area contributed by atoms with E-state index >= 15 is 0 Å². The van der Waals surface area contributed by atoms with Crippen molar-refractivity contribution in [3.05, 3.63) is 22.8 Å². The van der Waals surface area contributed by atoms with Crippen LogP contribution < -0.4 is 0 Å². The SMILES string of the molecule is CC12CC=C3C4=C(CC[C@H]3[C@@H]1CCC2=O)CC1(CC4)OCCO1. The Kier molecular flexibility index (Phi) is 3.01. The molecular formula is C20H26O3. The number of fused-ring (bicyclic) bond motifs is 4. The number of carbonyl (C=O) groups excluding carboxylic acids is 1. The van der Waals surface area contributed by atoms with Gasteiger partial charge < -0.3 is 9.47 Å². The second-order valence-corrected chi connectivity index (χ2v) is 8.36. The number of carbonyl (C=O) groups is 1. The average molecular weight is 314 g/mol. The van der Waals surface area contributed by atoms with E-state index in [1.54, 1.807) is 16.7 Å². The highest BCUT2D eigenvalue weighted by Crippen LogP contribution is 2.58. The third-order valence-corrected chi connectivity index (χ3v) is 7.35. The zero-order valence-corrected chi connectivity index (χ0v) is 14.0. The first-order valence-electron chi connectivity index (χ1n) is 9.34. The Morgan fingerprint density at radius 2 is 1.96 bits per heavy atom. The van der Waals surface area contributed by atoms with Crippen molar-refractivity contribution in [2.75, 3.05) is 13.2 Å². The van der Waals surface area contributed by atoms with E-state index in [-0.39, 0.29) is 11.2 Å². The predicted octanol–water partition coefficient (Wildman–Crippen LogP) is 3.94. The summed E-state index contributed by atoms with van der Waals surface area (Å²) in [4.78, 5) is 12.4. The Bertz CT molecular complexity index is 623. The molecule has 124 valence electrons. The van der Waals surface area contributed by atoms with E-state index < -0.39 is 0 Å². The predicted molar refractivity (Wildman–Crippen MR) is 86.8 cm³/mol. The summed E-state index contributed by atoms with van der Waals surface area (Å²) in [6.45, 7) is 3.72. The highest BCUT2D eigenvalue weighted by molar-refractivity contribution is 5.87. The molecule has 4 aliphatic carbocycles. The molecule has 0 N–H and O–H groups in total. The van der Waals surface area contributed by atoms with Gasteiger partial charge in [0.1, 0.15) is 5.78 Å². The molecule has 23 heavy (non-hydrogen) atoms. The number of Topliss-reactive ketones (excluding diaryl/α,β-unsaturated/α-hetero) is 1. The summed E-state index contributed by atoms with van der Waals surface area (Å²) in [5, 5.41) is 0. The summed E-state index contributed by atoms with van der Waals surface area (Å²) >= 11 is 0. The minimum absolute atomic E-state index is 0.0696. The van der Waals surface area contributed by atoms with Gasteiger partial charge in [0, 0.05) is 24.7 Å². The quantitative estimate of drug-likeness (QED) is 0.679. The first-order chi connectivity index (χ1) is 11.1. The van der Waals surface area contributed by atoms with Gasteiger partial charge >= 0.3 is 0 Å². The van der Waals surface area contributed by atoms with Gasteiger partial charge in [-0.25, -0.2) is 0 Å². The molecule has 1 saturated carbocycles. The molecule has 0 amide bonds. The van der Waals surface area contributed by atoms with Crippen LogP contribution in [0.5, 0.6) is 0 Å². The van der Waals surface area contributed by atoms with Gasteiger partial charge in [-0.05, 0) is 55.1 Å². The van der Waals surface area contributed by atoms with Crippen molar-refractivity contribution < 1.29 is 14.3 Å². The smallest absolute Gasteiger partial charge is 0.172 e. The van der Waals surface area contributed by atoms with Gasteiger partial charge in [-0.1, -0.05) is 18.6 Å². The standard InChI is InChI=1S/C20H26O3/c1-19-8-6-15-14-7-9-20(22-10-11-23-20)12-13(14)2-3-16(15)17(19)4-5-18(19)21/h6,16-17H,2-5,7-12H2,1H3/t16-,17+,19?/m1/s1. The Balaban J connectivity index is 1.49. The van der Waals surface area contributed by atoms with E-state index in [2.05, 4.69) is 13.0 Å². The Morgan fingerprint density at radius 1 is 1.13 bits per heavy atom. The van der Waals surface area contributed by atoms with Crippen molar-refractivity contribution >= 4 is 5.78 Å². The van der Waals surface area contributed by atoms with Crippen LogP contribution in [0.4, 0.5) is 0 Å². The average Bonchev–Trinajstić information content (AvgIpc) is 3.12. The van der Waals surface area contributed by atoms with Crippen molar-refractivity contribution in [1.82, 2.24) is 0 Å². The fourth-order valence-electron chi connectivity index (χ4n) is 6.08. The second-order valence-electron chi connectivity index (χ2n) is 8.36. The van der Waals surface area contributed by atoms with Crippen LogP contribution in [-0.4, -0.2) is 24.8 Å². The van der Waals surface area contributed by atoms with E-state index in [4.69, 9.17) is 9.47 Å². The summed E-state index contributed by atoms with van der Waals surface area (Å²) in [5.74, 6) is 1.41. The van der Waals surface area contributed by atoms with Gasteiger partial charge in [0.05, 0.1) is 13.2 Å². The topological polar surface area (TPSA) is 35.5 Å². The molecule has 3 atom stereocenters. The first kappa shape index (κ1) is 14.4. The molecule has 3 nitrogen and oxygen atoms in total. The molecule has 1 heterocycles. The molecule has 3 heteroatoms. The van der Waals surface area contributed by atoms with Crippen molar-refractivity contribution in [2.24, 2.45) is 17.3 Å². The molecule has 5 aliphatic rings. The monoisotopic (exact) mass is 314 g/mol. The van der Waals surface area contributed by atoms with E-state index in [1.165, 1.54) is 12.8 Å². The lowest BCUT2D eigenvalue weighted by Crippen LogP contribution is -2.41. The minimum Gasteiger partial charge on any atom is -0.347 e. The molecule has 0 bridgehead atoms. The zero-order valence-electron chi connectivity index (χ0n) is 14.0. The molecule has 0 aromatic heterocycles. The summed E-state index contributed by atoms with van der Waals surface area (Å²) in [5.41, 5.74) is 4.71. The van der Waals surface area contributed by atoms with E-state index in [0.29, 0.717) is 17.6 Å². The van der Waals surface area contributed by atoms with Gasteiger partial charge in [-0.3, -0.25) is 4.79 Å². The van der Waals surface area contributed by atoms with Crippen LogP contribution in [0.15, 0.2) is 22.8 Å². The van der Waals surface area contributed by atoms with Crippen molar-refractivity contribution in [2.45, 2.75) is 64.1 Å². The molecule has 5 rings (SSSR count). The molecular weight excluding hydrogens is 288 g/mol. The van der Waals surface area contributed by atoms with Gasteiger partial charge in [0.2, 0.25) is 0 Å². The van der Waals surface area contributed by atoms with Gasteiger partial charge in [0.25, 0.3) is 0 Å². The summed E-state index contributed by atoms with van der Waals surface area (Å²) < 4.78 is 11.9. The lowest BCUT2D eigenvalue weighted by Gasteiger charge is -2.46. The molecule has 0 aromatic rings. The molecule has 1 aliphatic heterocycles. The van der Waals surface area contributed by atoms with E-state index in [9.17, 15) is 4.79 Å². The van der Waals surface area contributed by atoms with Crippen molar-refractivity contribution in [3.8, 4) is 0 Å². The summed E-state index contributed by atoms with van der Waals surface area (Å²) in [6, 6.07) is 0. The van der Waals surface area contributed by atoms with Crippen molar-refractivity contribution in [3.63, 3.8) is 0 Å². The first-order valence-corrected chi connectivity index (χ1v) is 9.34. The molecule has 2 fully saturated rings. The third-order valence-electron chi connectivity index (χ3n) is 7.35. The summed E-state index contributed by atoms with van der Waals surface area (Å²) in [6.07, 6.45) is 10.7. The van der Waals surface area contributed by atoms with Gasteiger partial charge in [0.15, 0.2) is 5.79 Å². The van der Waals surface area contributed by atoms with Gasteiger partial charge in [-0.2, -0.15) is 0 Å². The molecule has 1 unspecified atom stereocenters. The van der Waals surface area contributed by atoms with Crippen LogP contribution in [0, 0.1) is 17.3 Å². The van der Waals surface area contributed by atoms with E-state index in [0.717, 1.165) is 51.7 Å². The van der Waals surface area contributed by atoms with Crippen molar-refractivity contribution in [1.29, 1.82) is 0 Å².